The van der Waals surface area contributed by atoms with Crippen LogP contribution in [0.25, 0.3) is 0 Å². The normalized spacial score (nSPS) is 22.3. The van der Waals surface area contributed by atoms with Gasteiger partial charge >= 0.3 is 6.03 Å². The van der Waals surface area contributed by atoms with Crippen molar-refractivity contribution in [3.05, 3.63) is 42.5 Å². The standard InChI is InChI=1S/C39H58N6O8S/c1-12-19-40-34(49)31(47)29(24-13-14-24)42-33(48)30-28-26(39(28,9)10)20-45(30)35(50)32(38(6,7)8)43-36(51)41-27(37(3,4)5)21-44(11)54(52,53)25-17-15-23(16-18-25)22(2)46/h12,15-18,24,26-30,32H,1,13-14,19-21H2,2-11H3,(H,40,49)(H,42,48)(H2,41,43,51)/t26-,27+,28-,29?,30-,32+/m0/s1. The van der Waals surface area contributed by atoms with Gasteiger partial charge in [0.2, 0.25) is 27.6 Å². The molecule has 3 fully saturated rings. The van der Waals surface area contributed by atoms with Gasteiger partial charge in [0, 0.05) is 38.3 Å². The lowest BCUT2D eigenvalue weighted by Crippen LogP contribution is -2.63. The van der Waals surface area contributed by atoms with Crippen molar-refractivity contribution in [2.24, 2.45) is 34.0 Å². The van der Waals surface area contributed by atoms with Crippen LogP contribution in [0.3, 0.4) is 0 Å². The van der Waals surface area contributed by atoms with Gasteiger partial charge in [-0.3, -0.25) is 24.0 Å². The number of sulfonamides is 1. The second-order valence-electron chi connectivity index (χ2n) is 17.8. The zero-order chi connectivity index (χ0) is 40.7. The summed E-state index contributed by atoms with van der Waals surface area (Å²) in [6, 6.07) is 1.25. The number of likely N-dealkylation sites (tertiary alicyclic amines) is 1. The summed E-state index contributed by atoms with van der Waals surface area (Å²) < 4.78 is 28.1. The van der Waals surface area contributed by atoms with E-state index in [0.717, 1.165) is 4.31 Å². The number of rotatable bonds is 15. The summed E-state index contributed by atoms with van der Waals surface area (Å²) in [5.74, 6) is -3.02. The fourth-order valence-electron chi connectivity index (χ4n) is 7.35. The molecule has 14 nitrogen and oxygen atoms in total. The zero-order valence-corrected chi connectivity index (χ0v) is 34.1. The Morgan fingerprint density at radius 2 is 1.56 bits per heavy atom. The fraction of sp³-hybridized carbons (Fsp3) is 0.641. The minimum Gasteiger partial charge on any atom is -0.346 e. The van der Waals surface area contributed by atoms with Gasteiger partial charge in [0.1, 0.15) is 18.1 Å². The lowest BCUT2D eigenvalue weighted by atomic mass is 9.85. The van der Waals surface area contributed by atoms with Crippen LogP contribution >= 0.6 is 0 Å². The topological polar surface area (TPSA) is 191 Å². The number of benzene rings is 1. The number of nitrogens with one attached hydrogen (secondary N) is 4. The average molecular weight is 771 g/mol. The first-order chi connectivity index (χ1) is 24.8. The third-order valence-electron chi connectivity index (χ3n) is 11.2. The fourth-order valence-corrected chi connectivity index (χ4v) is 8.54. The predicted molar refractivity (Wildman–Crippen MR) is 204 cm³/mol. The summed E-state index contributed by atoms with van der Waals surface area (Å²) in [7, 11) is -2.58. The van der Waals surface area contributed by atoms with E-state index in [1.165, 1.54) is 49.2 Å². The summed E-state index contributed by atoms with van der Waals surface area (Å²) in [5.41, 5.74) is -1.28. The molecule has 15 heteroatoms. The van der Waals surface area contributed by atoms with E-state index in [1.807, 2.05) is 34.6 Å². The second kappa shape index (κ2) is 15.6. The number of carbonyl (C=O) groups excluding carboxylic acids is 6. The summed E-state index contributed by atoms with van der Waals surface area (Å²) in [5, 5.41) is 11.1. The van der Waals surface area contributed by atoms with E-state index in [4.69, 9.17) is 0 Å². The Kier molecular flexibility index (Phi) is 12.3. The van der Waals surface area contributed by atoms with Crippen molar-refractivity contribution < 1.29 is 37.2 Å². The van der Waals surface area contributed by atoms with E-state index in [9.17, 15) is 37.2 Å². The van der Waals surface area contributed by atoms with Crippen LogP contribution in [0.1, 0.15) is 85.5 Å². The molecular weight excluding hydrogens is 713 g/mol. The highest BCUT2D eigenvalue weighted by molar-refractivity contribution is 7.89. The Bertz CT molecular complexity index is 1770. The molecule has 5 amide bonds. The molecule has 1 unspecified atom stereocenters. The summed E-state index contributed by atoms with van der Waals surface area (Å²) >= 11 is 0. The zero-order valence-electron chi connectivity index (χ0n) is 33.2. The number of amides is 5. The maximum atomic E-state index is 14.5. The maximum absolute atomic E-state index is 14.5. The lowest BCUT2D eigenvalue weighted by Gasteiger charge is -2.39. The van der Waals surface area contributed by atoms with Crippen LogP contribution in [0.2, 0.25) is 0 Å². The van der Waals surface area contributed by atoms with Gasteiger partial charge in [0.25, 0.3) is 5.91 Å². The molecular formula is C39H58N6O8S. The van der Waals surface area contributed by atoms with Crippen LogP contribution in [0.4, 0.5) is 4.79 Å². The van der Waals surface area contributed by atoms with Crippen LogP contribution in [0, 0.1) is 34.0 Å². The van der Waals surface area contributed by atoms with Crippen LogP contribution in [-0.2, 0) is 29.2 Å². The number of likely N-dealkylation sites (N-methyl/N-ethyl adjacent to an activating group) is 1. The molecule has 2 aliphatic carbocycles. The van der Waals surface area contributed by atoms with Gasteiger partial charge in [-0.1, -0.05) is 73.6 Å². The van der Waals surface area contributed by atoms with E-state index in [0.29, 0.717) is 18.4 Å². The number of piperidine rings is 1. The molecule has 0 bridgehead atoms. The molecule has 3 aliphatic rings. The molecule has 0 radical (unpaired) electrons. The molecule has 1 saturated heterocycles. The molecule has 1 heterocycles. The Balaban J connectivity index is 1.52. The molecule has 4 rings (SSSR count). The summed E-state index contributed by atoms with van der Waals surface area (Å²) in [6.45, 7) is 20.3. The maximum Gasteiger partial charge on any atom is 0.315 e. The highest BCUT2D eigenvalue weighted by atomic mass is 32.2. The minimum atomic E-state index is -3.99. The van der Waals surface area contributed by atoms with Gasteiger partial charge in [-0.2, -0.15) is 4.31 Å². The molecule has 0 spiro atoms. The van der Waals surface area contributed by atoms with Crippen LogP contribution < -0.4 is 21.3 Å². The number of urea groups is 1. The number of ketones is 2. The third kappa shape index (κ3) is 9.22. The largest absolute Gasteiger partial charge is 0.346 e. The van der Waals surface area contributed by atoms with E-state index >= 15 is 0 Å². The minimum absolute atomic E-state index is 0.000266. The molecule has 4 N–H and O–H groups in total. The molecule has 1 aromatic carbocycles. The quantitative estimate of drug-likeness (QED) is 0.119. The molecule has 6 atom stereocenters. The highest BCUT2D eigenvalue weighted by Gasteiger charge is 2.70. The van der Waals surface area contributed by atoms with E-state index in [-0.39, 0.29) is 53.5 Å². The number of Topliss-reactive ketones (excluding diaryl/α,β-unsaturated/α-hetero) is 2. The molecule has 54 heavy (non-hydrogen) atoms. The Morgan fingerprint density at radius 1 is 0.963 bits per heavy atom. The SMILES string of the molecule is C=CCNC(=O)C(=O)C(NC(=O)[C@@H]1[C@@H]2[C@H](CN1C(=O)[C@@H](NC(=O)N[C@H](CN(C)S(=O)(=O)c1ccc(C(C)=O)cc1)C(C)(C)C)C(C)(C)C)C2(C)C)C1CC1. The third-order valence-corrected chi connectivity index (χ3v) is 13.0. The van der Waals surface area contributed by atoms with Crippen molar-refractivity contribution in [2.45, 2.75) is 104 Å². The molecule has 1 aliphatic heterocycles. The number of fused-ring (bicyclic) bond motifs is 1. The predicted octanol–water partition coefficient (Wildman–Crippen LogP) is 2.89. The average Bonchev–Trinajstić information content (AvgIpc) is 3.95. The van der Waals surface area contributed by atoms with E-state index in [1.54, 1.807) is 20.8 Å². The second-order valence-corrected chi connectivity index (χ2v) is 19.8. The number of hydrogen-bond donors (Lipinski definition) is 4. The lowest BCUT2D eigenvalue weighted by molar-refractivity contribution is -0.145. The smallest absolute Gasteiger partial charge is 0.315 e. The van der Waals surface area contributed by atoms with Crippen molar-refractivity contribution in [1.29, 1.82) is 0 Å². The van der Waals surface area contributed by atoms with Crippen LogP contribution in [0.5, 0.6) is 0 Å². The first-order valence-electron chi connectivity index (χ1n) is 18.5. The number of carbonyl (C=O) groups is 6. The van der Waals surface area contributed by atoms with Gasteiger partial charge in [-0.25, -0.2) is 13.2 Å². The Hall–Kier alpha value is -4.11. The van der Waals surface area contributed by atoms with E-state index < -0.39 is 74.6 Å². The van der Waals surface area contributed by atoms with Crippen molar-refractivity contribution >= 4 is 45.3 Å². The van der Waals surface area contributed by atoms with Crippen LogP contribution in [0.15, 0.2) is 41.8 Å². The first-order valence-corrected chi connectivity index (χ1v) is 20.0. The number of hydrogen-bond acceptors (Lipinski definition) is 8. The van der Waals surface area contributed by atoms with E-state index in [2.05, 4.69) is 27.8 Å². The molecule has 2 saturated carbocycles. The van der Waals surface area contributed by atoms with Crippen molar-refractivity contribution in [3.63, 3.8) is 0 Å². The van der Waals surface area contributed by atoms with Gasteiger partial charge in [0.05, 0.1) is 4.90 Å². The van der Waals surface area contributed by atoms with Gasteiger partial charge in [-0.15, -0.1) is 6.58 Å². The molecule has 0 aromatic heterocycles. The van der Waals surface area contributed by atoms with Gasteiger partial charge in [0.15, 0.2) is 5.78 Å². The number of nitrogens with zero attached hydrogens (tertiary/aromatic N) is 2. The van der Waals surface area contributed by atoms with Gasteiger partial charge < -0.3 is 26.2 Å². The van der Waals surface area contributed by atoms with Crippen molar-refractivity contribution in [3.8, 4) is 0 Å². The Morgan fingerprint density at radius 3 is 2.06 bits per heavy atom. The summed E-state index contributed by atoms with van der Waals surface area (Å²) in [4.78, 5) is 81.2. The summed E-state index contributed by atoms with van der Waals surface area (Å²) in [6.07, 6.45) is 2.83. The first kappa shape index (κ1) is 42.6. The monoisotopic (exact) mass is 770 g/mol. The van der Waals surface area contributed by atoms with Gasteiger partial charge in [-0.05, 0) is 65.9 Å². The highest BCUT2D eigenvalue weighted by Crippen LogP contribution is 2.65. The molecule has 298 valence electrons. The van der Waals surface area contributed by atoms with Crippen molar-refractivity contribution in [2.75, 3.05) is 26.7 Å². The van der Waals surface area contributed by atoms with Crippen molar-refractivity contribution in [1.82, 2.24) is 30.5 Å². The Labute approximate surface area is 319 Å². The van der Waals surface area contributed by atoms with Crippen LogP contribution in [-0.4, -0.2) is 104 Å². The molecule has 1 aromatic rings.